The average Bonchev–Trinajstić information content (AvgIpc) is 2.12. The fraction of sp³-hybridized carbons (Fsp3) is 0.417. The molecule has 16 heavy (non-hydrogen) atoms. The van der Waals surface area contributed by atoms with Crippen molar-refractivity contribution in [2.45, 2.75) is 26.7 Å². The minimum atomic E-state index is -0.890. The number of Topliss-reactive ketones (excluding diaryl/α,β-unsaturated/α-hetero) is 1. The van der Waals surface area contributed by atoms with E-state index in [1.807, 2.05) is 13.8 Å². The normalized spacial score (nSPS) is 10.9. The van der Waals surface area contributed by atoms with Crippen molar-refractivity contribution in [1.82, 2.24) is 0 Å². The van der Waals surface area contributed by atoms with E-state index in [1.54, 1.807) is 0 Å². The van der Waals surface area contributed by atoms with Gasteiger partial charge in [0.05, 0.1) is 5.56 Å². The molecule has 0 aliphatic rings. The van der Waals surface area contributed by atoms with Gasteiger partial charge in [-0.2, -0.15) is 0 Å². The van der Waals surface area contributed by atoms with E-state index in [9.17, 15) is 13.6 Å². The Morgan fingerprint density at radius 1 is 1.31 bits per heavy atom. The highest BCUT2D eigenvalue weighted by atomic mass is 35.5. The van der Waals surface area contributed by atoms with Gasteiger partial charge >= 0.3 is 0 Å². The smallest absolute Gasteiger partial charge is 0.168 e. The highest BCUT2D eigenvalue weighted by Crippen LogP contribution is 2.21. The fourth-order valence-electron chi connectivity index (χ4n) is 1.35. The molecule has 1 aromatic carbocycles. The van der Waals surface area contributed by atoms with Crippen molar-refractivity contribution in [3.63, 3.8) is 0 Å². The summed E-state index contributed by atoms with van der Waals surface area (Å²) in [5.74, 6) is -1.97. The highest BCUT2D eigenvalue weighted by Gasteiger charge is 2.18. The molecule has 0 unspecified atom stereocenters. The molecule has 0 aromatic heterocycles. The third-order valence-electron chi connectivity index (χ3n) is 2.23. The number of rotatable bonds is 4. The predicted molar refractivity (Wildman–Crippen MR) is 59.8 cm³/mol. The van der Waals surface area contributed by atoms with Gasteiger partial charge in [-0.05, 0) is 24.5 Å². The van der Waals surface area contributed by atoms with Crippen LogP contribution in [-0.2, 0) is 0 Å². The van der Waals surface area contributed by atoms with Crippen LogP contribution >= 0.6 is 11.6 Å². The Labute approximate surface area is 98.4 Å². The molecule has 0 fully saturated rings. The number of hydrogen-bond donors (Lipinski definition) is 0. The molecular formula is C12H13ClF2O. The van der Waals surface area contributed by atoms with E-state index in [0.29, 0.717) is 12.3 Å². The van der Waals surface area contributed by atoms with Crippen LogP contribution in [0.15, 0.2) is 12.1 Å². The number of halogens is 3. The second-order valence-corrected chi connectivity index (χ2v) is 4.54. The molecule has 0 saturated heterocycles. The lowest BCUT2D eigenvalue weighted by atomic mass is 10.0. The molecule has 1 nitrogen and oxygen atoms in total. The van der Waals surface area contributed by atoms with Gasteiger partial charge in [0.1, 0.15) is 11.6 Å². The highest BCUT2D eigenvalue weighted by molar-refractivity contribution is 6.30. The molecule has 0 saturated carbocycles. The van der Waals surface area contributed by atoms with Crippen LogP contribution in [0, 0.1) is 17.6 Å². The molecule has 0 radical (unpaired) electrons. The van der Waals surface area contributed by atoms with Crippen LogP contribution in [0.2, 0.25) is 5.02 Å². The topological polar surface area (TPSA) is 17.1 Å². The van der Waals surface area contributed by atoms with Gasteiger partial charge in [0.2, 0.25) is 0 Å². The van der Waals surface area contributed by atoms with Gasteiger partial charge in [-0.1, -0.05) is 25.4 Å². The SMILES string of the molecule is CC(C)CCC(=O)c1c(F)cc(Cl)cc1F. The maximum Gasteiger partial charge on any atom is 0.168 e. The monoisotopic (exact) mass is 246 g/mol. The van der Waals surface area contributed by atoms with Gasteiger partial charge in [0.15, 0.2) is 5.78 Å². The van der Waals surface area contributed by atoms with E-state index in [4.69, 9.17) is 11.6 Å². The molecule has 88 valence electrons. The van der Waals surface area contributed by atoms with Gasteiger partial charge in [0.25, 0.3) is 0 Å². The second-order valence-electron chi connectivity index (χ2n) is 4.10. The van der Waals surface area contributed by atoms with Crippen LogP contribution < -0.4 is 0 Å². The third kappa shape index (κ3) is 3.27. The first kappa shape index (κ1) is 13.1. The largest absolute Gasteiger partial charge is 0.294 e. The lowest BCUT2D eigenvalue weighted by Gasteiger charge is -2.06. The minimum absolute atomic E-state index is 0.0459. The van der Waals surface area contributed by atoms with Crippen LogP contribution in [0.3, 0.4) is 0 Å². The van der Waals surface area contributed by atoms with Crippen molar-refractivity contribution >= 4 is 17.4 Å². The van der Waals surface area contributed by atoms with Gasteiger partial charge in [-0.25, -0.2) is 8.78 Å². The van der Waals surface area contributed by atoms with E-state index in [-0.39, 0.29) is 11.4 Å². The molecule has 0 heterocycles. The average molecular weight is 247 g/mol. The maximum atomic E-state index is 13.3. The van der Waals surface area contributed by atoms with E-state index in [1.165, 1.54) is 0 Å². The van der Waals surface area contributed by atoms with E-state index >= 15 is 0 Å². The number of carbonyl (C=O) groups is 1. The first-order valence-electron chi connectivity index (χ1n) is 5.09. The van der Waals surface area contributed by atoms with E-state index in [2.05, 4.69) is 0 Å². The Morgan fingerprint density at radius 2 is 1.81 bits per heavy atom. The molecule has 1 aromatic rings. The zero-order valence-electron chi connectivity index (χ0n) is 9.19. The lowest BCUT2D eigenvalue weighted by molar-refractivity contribution is 0.0967. The van der Waals surface area contributed by atoms with Crippen LogP contribution in [-0.4, -0.2) is 5.78 Å². The van der Waals surface area contributed by atoms with Crippen molar-refractivity contribution < 1.29 is 13.6 Å². The quantitative estimate of drug-likeness (QED) is 0.727. The van der Waals surface area contributed by atoms with Crippen molar-refractivity contribution in [2.24, 2.45) is 5.92 Å². The zero-order chi connectivity index (χ0) is 12.3. The van der Waals surface area contributed by atoms with Crippen LogP contribution in [0.5, 0.6) is 0 Å². The van der Waals surface area contributed by atoms with Crippen LogP contribution in [0.4, 0.5) is 8.78 Å². The first-order chi connectivity index (χ1) is 7.41. The van der Waals surface area contributed by atoms with E-state index in [0.717, 1.165) is 12.1 Å². The Hall–Kier alpha value is -0.960. The first-order valence-corrected chi connectivity index (χ1v) is 5.47. The lowest BCUT2D eigenvalue weighted by Crippen LogP contribution is -2.07. The Morgan fingerprint density at radius 3 is 2.25 bits per heavy atom. The summed E-state index contributed by atoms with van der Waals surface area (Å²) >= 11 is 5.46. The summed E-state index contributed by atoms with van der Waals surface area (Å²) in [6.45, 7) is 3.89. The van der Waals surface area contributed by atoms with Crippen molar-refractivity contribution in [1.29, 1.82) is 0 Å². The van der Waals surface area contributed by atoms with Gasteiger partial charge in [0, 0.05) is 11.4 Å². The zero-order valence-corrected chi connectivity index (χ0v) is 9.94. The minimum Gasteiger partial charge on any atom is -0.294 e. The summed E-state index contributed by atoms with van der Waals surface area (Å²) < 4.78 is 26.7. The molecule has 0 N–H and O–H groups in total. The molecule has 0 spiro atoms. The Kier molecular flexibility index (Phi) is 4.42. The number of ketones is 1. The molecule has 1 rings (SSSR count). The molecule has 0 aliphatic heterocycles. The van der Waals surface area contributed by atoms with Crippen LogP contribution in [0.1, 0.15) is 37.0 Å². The summed E-state index contributed by atoms with van der Waals surface area (Å²) in [4.78, 5) is 11.6. The molecule has 4 heteroatoms. The summed E-state index contributed by atoms with van der Waals surface area (Å²) in [7, 11) is 0. The fourth-order valence-corrected chi connectivity index (χ4v) is 1.54. The molecule has 0 bridgehead atoms. The third-order valence-corrected chi connectivity index (χ3v) is 2.45. The Bertz CT molecular complexity index is 379. The summed E-state index contributed by atoms with van der Waals surface area (Å²) in [5.41, 5.74) is -0.481. The number of benzene rings is 1. The standard InChI is InChI=1S/C12H13ClF2O/c1-7(2)3-4-11(16)12-9(14)5-8(13)6-10(12)15/h5-7H,3-4H2,1-2H3. The predicted octanol–water partition coefficient (Wildman–Crippen LogP) is 4.24. The second kappa shape index (κ2) is 5.39. The van der Waals surface area contributed by atoms with Crippen LogP contribution in [0.25, 0.3) is 0 Å². The van der Waals surface area contributed by atoms with Crippen molar-refractivity contribution in [3.05, 3.63) is 34.4 Å². The molecular weight excluding hydrogens is 234 g/mol. The Balaban J connectivity index is 2.91. The van der Waals surface area contributed by atoms with Crippen molar-refractivity contribution in [2.75, 3.05) is 0 Å². The molecule has 0 atom stereocenters. The van der Waals surface area contributed by atoms with Crippen molar-refractivity contribution in [3.8, 4) is 0 Å². The summed E-state index contributed by atoms with van der Waals surface area (Å²) in [6.07, 6.45) is 0.757. The number of hydrogen-bond acceptors (Lipinski definition) is 1. The molecule has 0 amide bonds. The molecule has 0 aliphatic carbocycles. The number of carbonyl (C=O) groups excluding carboxylic acids is 1. The summed E-state index contributed by atoms with van der Waals surface area (Å²) in [6, 6.07) is 1.90. The summed E-state index contributed by atoms with van der Waals surface area (Å²) in [5, 5.41) is -0.0459. The van der Waals surface area contributed by atoms with E-state index < -0.39 is 23.0 Å². The van der Waals surface area contributed by atoms with Gasteiger partial charge < -0.3 is 0 Å². The van der Waals surface area contributed by atoms with Gasteiger partial charge in [-0.3, -0.25) is 4.79 Å². The maximum absolute atomic E-state index is 13.3. The van der Waals surface area contributed by atoms with Gasteiger partial charge in [-0.15, -0.1) is 0 Å².